The van der Waals surface area contributed by atoms with E-state index in [9.17, 15) is 10.1 Å². The van der Waals surface area contributed by atoms with Crippen molar-refractivity contribution in [2.24, 2.45) is 0 Å². The molecule has 1 aromatic rings. The number of carbonyl (C=O) groups excluding carboxylic acids is 1. The van der Waals surface area contributed by atoms with Crippen molar-refractivity contribution in [1.29, 1.82) is 5.26 Å². The minimum Gasteiger partial charge on any atom is -0.496 e. The molecule has 0 unspecified atom stereocenters. The van der Waals surface area contributed by atoms with Crippen molar-refractivity contribution in [2.45, 2.75) is 38.9 Å². The minimum absolute atomic E-state index is 0.187. The molecule has 0 bridgehead atoms. The SMILES string of the molecule is COC(=O)c1cc(C#N)c(B2OC(C)(C)C(C)(C)O2)cc1OC. The van der Waals surface area contributed by atoms with Crippen LogP contribution in [0.25, 0.3) is 0 Å². The Kier molecular flexibility index (Phi) is 4.42. The molecule has 1 fully saturated rings. The predicted octanol–water partition coefficient (Wildman–Crippen LogP) is 1.65. The monoisotopic (exact) mass is 317 g/mol. The zero-order valence-electron chi connectivity index (χ0n) is 14.2. The molecule has 0 N–H and O–H groups in total. The highest BCUT2D eigenvalue weighted by Crippen LogP contribution is 2.37. The maximum atomic E-state index is 11.8. The zero-order valence-corrected chi connectivity index (χ0v) is 14.2. The topological polar surface area (TPSA) is 77.8 Å². The Balaban J connectivity index is 2.53. The molecule has 1 heterocycles. The Morgan fingerprint density at radius 3 is 2.17 bits per heavy atom. The molecule has 2 rings (SSSR count). The van der Waals surface area contributed by atoms with Gasteiger partial charge < -0.3 is 18.8 Å². The van der Waals surface area contributed by atoms with Gasteiger partial charge in [0.25, 0.3) is 0 Å². The van der Waals surface area contributed by atoms with Crippen molar-refractivity contribution in [2.75, 3.05) is 14.2 Å². The summed E-state index contributed by atoms with van der Waals surface area (Å²) in [5.41, 5.74) is -0.0655. The first kappa shape index (κ1) is 17.3. The van der Waals surface area contributed by atoms with E-state index in [4.69, 9.17) is 18.8 Å². The van der Waals surface area contributed by atoms with Crippen molar-refractivity contribution in [3.05, 3.63) is 23.3 Å². The third-order valence-corrected chi connectivity index (χ3v) is 4.40. The van der Waals surface area contributed by atoms with Crippen LogP contribution < -0.4 is 10.2 Å². The van der Waals surface area contributed by atoms with Crippen LogP contribution in [0.4, 0.5) is 0 Å². The van der Waals surface area contributed by atoms with Crippen molar-refractivity contribution in [1.82, 2.24) is 0 Å². The maximum absolute atomic E-state index is 11.8. The number of methoxy groups -OCH3 is 2. The van der Waals surface area contributed by atoms with Gasteiger partial charge in [0.2, 0.25) is 0 Å². The molecule has 1 saturated heterocycles. The van der Waals surface area contributed by atoms with E-state index < -0.39 is 24.3 Å². The molecule has 1 aliphatic heterocycles. The first-order valence-corrected chi connectivity index (χ1v) is 7.23. The fraction of sp³-hybridized carbons (Fsp3) is 0.500. The summed E-state index contributed by atoms with van der Waals surface area (Å²) in [6.07, 6.45) is 0. The van der Waals surface area contributed by atoms with Crippen molar-refractivity contribution >= 4 is 18.6 Å². The number of benzene rings is 1. The number of carbonyl (C=O) groups is 1. The Hall–Kier alpha value is -2.04. The van der Waals surface area contributed by atoms with Crippen molar-refractivity contribution < 1.29 is 23.6 Å². The number of hydrogen-bond acceptors (Lipinski definition) is 6. The molecule has 7 heteroatoms. The highest BCUT2D eigenvalue weighted by atomic mass is 16.7. The van der Waals surface area contributed by atoms with E-state index in [-0.39, 0.29) is 11.1 Å². The number of rotatable bonds is 3. The quantitative estimate of drug-likeness (QED) is 0.623. The Labute approximate surface area is 136 Å². The average molecular weight is 317 g/mol. The smallest absolute Gasteiger partial charge is 0.496 e. The fourth-order valence-corrected chi connectivity index (χ4v) is 2.30. The Morgan fingerprint density at radius 2 is 1.74 bits per heavy atom. The summed E-state index contributed by atoms with van der Waals surface area (Å²) < 4.78 is 21.9. The summed E-state index contributed by atoms with van der Waals surface area (Å²) in [7, 11) is 2.01. The third-order valence-electron chi connectivity index (χ3n) is 4.40. The van der Waals surface area contributed by atoms with Gasteiger partial charge >= 0.3 is 13.1 Å². The normalized spacial score (nSPS) is 18.4. The molecule has 0 amide bonds. The molecule has 6 nitrogen and oxygen atoms in total. The van der Waals surface area contributed by atoms with Crippen LogP contribution in [-0.4, -0.2) is 38.5 Å². The summed E-state index contributed by atoms with van der Waals surface area (Å²) >= 11 is 0. The van der Waals surface area contributed by atoms with Crippen LogP contribution in [0.5, 0.6) is 5.75 Å². The van der Waals surface area contributed by atoms with Gasteiger partial charge in [-0.2, -0.15) is 5.26 Å². The van der Waals surface area contributed by atoms with Crippen LogP contribution in [0.2, 0.25) is 0 Å². The number of nitriles is 1. The second-order valence-corrected chi connectivity index (χ2v) is 6.33. The summed E-state index contributed by atoms with van der Waals surface area (Å²) in [4.78, 5) is 11.8. The lowest BCUT2D eigenvalue weighted by molar-refractivity contribution is 0.00578. The van der Waals surface area contributed by atoms with E-state index in [1.807, 2.05) is 27.7 Å². The fourth-order valence-electron chi connectivity index (χ4n) is 2.30. The molecule has 1 aliphatic rings. The van der Waals surface area contributed by atoms with Crippen molar-refractivity contribution in [3.8, 4) is 11.8 Å². The third kappa shape index (κ3) is 2.92. The summed E-state index contributed by atoms with van der Waals surface area (Å²) in [6.45, 7) is 7.72. The highest BCUT2D eigenvalue weighted by Gasteiger charge is 2.52. The first-order chi connectivity index (χ1) is 10.7. The van der Waals surface area contributed by atoms with Gasteiger partial charge in [-0.3, -0.25) is 0 Å². The lowest BCUT2D eigenvalue weighted by atomic mass is 9.75. The van der Waals surface area contributed by atoms with E-state index in [2.05, 4.69) is 6.07 Å². The molecular formula is C16H20BNO5. The second kappa shape index (κ2) is 5.87. The summed E-state index contributed by atoms with van der Waals surface area (Å²) in [6, 6.07) is 5.10. The van der Waals surface area contributed by atoms with E-state index in [0.29, 0.717) is 11.2 Å². The Bertz CT molecular complexity index is 662. The van der Waals surface area contributed by atoms with Gasteiger partial charge in [-0.1, -0.05) is 0 Å². The molecule has 0 aromatic heterocycles. The van der Waals surface area contributed by atoms with Crippen LogP contribution in [0, 0.1) is 11.3 Å². The molecular weight excluding hydrogens is 297 g/mol. The van der Waals surface area contributed by atoms with Gasteiger partial charge in [0.1, 0.15) is 11.3 Å². The van der Waals surface area contributed by atoms with E-state index in [0.717, 1.165) is 0 Å². The summed E-state index contributed by atoms with van der Waals surface area (Å²) in [5.74, 6) is -0.264. The second-order valence-electron chi connectivity index (χ2n) is 6.33. The van der Waals surface area contributed by atoms with E-state index >= 15 is 0 Å². The largest absolute Gasteiger partial charge is 0.496 e. The zero-order chi connectivity index (χ0) is 17.4. The molecule has 0 atom stereocenters. The molecule has 122 valence electrons. The molecule has 0 spiro atoms. The minimum atomic E-state index is -0.713. The van der Waals surface area contributed by atoms with Gasteiger partial charge in [0.15, 0.2) is 0 Å². The highest BCUT2D eigenvalue weighted by molar-refractivity contribution is 6.63. The lowest BCUT2D eigenvalue weighted by Gasteiger charge is -2.32. The van der Waals surface area contributed by atoms with Gasteiger partial charge in [-0.05, 0) is 39.8 Å². The number of ether oxygens (including phenoxy) is 2. The average Bonchev–Trinajstić information content (AvgIpc) is 2.73. The molecule has 0 saturated carbocycles. The van der Waals surface area contributed by atoms with Crippen LogP contribution >= 0.6 is 0 Å². The molecule has 23 heavy (non-hydrogen) atoms. The van der Waals surface area contributed by atoms with Crippen LogP contribution in [-0.2, 0) is 14.0 Å². The number of hydrogen-bond donors (Lipinski definition) is 0. The summed E-state index contributed by atoms with van der Waals surface area (Å²) in [5, 5.41) is 9.43. The van der Waals surface area contributed by atoms with Crippen LogP contribution in [0.1, 0.15) is 43.6 Å². The first-order valence-electron chi connectivity index (χ1n) is 7.23. The lowest BCUT2D eigenvalue weighted by Crippen LogP contribution is -2.41. The number of esters is 1. The van der Waals surface area contributed by atoms with Gasteiger partial charge in [0.05, 0.1) is 37.1 Å². The van der Waals surface area contributed by atoms with E-state index in [1.165, 1.54) is 20.3 Å². The molecule has 0 aliphatic carbocycles. The van der Waals surface area contributed by atoms with Gasteiger partial charge in [-0.15, -0.1) is 0 Å². The van der Waals surface area contributed by atoms with Gasteiger partial charge in [0, 0.05) is 5.46 Å². The molecule has 1 aromatic carbocycles. The van der Waals surface area contributed by atoms with Crippen molar-refractivity contribution in [3.63, 3.8) is 0 Å². The molecule has 0 radical (unpaired) electrons. The number of nitrogens with zero attached hydrogens (tertiary/aromatic N) is 1. The van der Waals surface area contributed by atoms with Crippen LogP contribution in [0.15, 0.2) is 12.1 Å². The predicted molar refractivity (Wildman–Crippen MR) is 84.8 cm³/mol. The Morgan fingerprint density at radius 1 is 1.17 bits per heavy atom. The van der Waals surface area contributed by atoms with Gasteiger partial charge in [-0.25, -0.2) is 4.79 Å². The maximum Gasteiger partial charge on any atom is 0.496 e. The standard InChI is InChI=1S/C16H20BNO5/c1-15(2)16(3,4)23-17(22-15)12-8-13(20-5)11(14(19)21-6)7-10(12)9-18/h7-8H,1-6H3. The van der Waals surface area contributed by atoms with Crippen LogP contribution in [0.3, 0.4) is 0 Å². The van der Waals surface area contributed by atoms with E-state index in [1.54, 1.807) is 6.07 Å².